The Kier molecular flexibility index (Phi) is 6.03. The van der Waals surface area contributed by atoms with E-state index in [2.05, 4.69) is 5.32 Å². The molecule has 2 aromatic rings. The number of nitriles is 1. The minimum Gasteiger partial charge on any atom is -0.348 e. The number of carbonyl (C=O) groups is 2. The number of benzene rings is 1. The van der Waals surface area contributed by atoms with Crippen LogP contribution in [0.2, 0.25) is 0 Å². The van der Waals surface area contributed by atoms with Crippen LogP contribution in [0.3, 0.4) is 0 Å². The first-order valence-corrected chi connectivity index (χ1v) is 12.1. The van der Waals surface area contributed by atoms with E-state index in [1.165, 1.54) is 33.7 Å². The maximum absolute atomic E-state index is 13.7. The summed E-state index contributed by atoms with van der Waals surface area (Å²) in [5.41, 5.74) is -0.382. The summed E-state index contributed by atoms with van der Waals surface area (Å²) in [6.07, 6.45) is 1.33. The molecule has 1 saturated carbocycles. The molecule has 4 rings (SSSR count). The quantitative estimate of drug-likeness (QED) is 0.635. The van der Waals surface area contributed by atoms with Crippen molar-refractivity contribution in [3.8, 4) is 6.07 Å². The maximum Gasteiger partial charge on any atom is 0.270 e. The van der Waals surface area contributed by atoms with Gasteiger partial charge >= 0.3 is 0 Å². The molecule has 1 N–H and O–H groups in total. The molecule has 1 aliphatic heterocycles. The largest absolute Gasteiger partial charge is 0.348 e. The Morgan fingerprint density at radius 3 is 2.61 bits per heavy atom. The van der Waals surface area contributed by atoms with Crippen LogP contribution in [-0.4, -0.2) is 53.8 Å². The van der Waals surface area contributed by atoms with E-state index in [9.17, 15) is 27.2 Å². The summed E-state index contributed by atoms with van der Waals surface area (Å²) in [5, 5.41) is 11.0. The highest BCUT2D eigenvalue weighted by Gasteiger charge is 2.36. The second-order valence-corrected chi connectivity index (χ2v) is 10.5. The van der Waals surface area contributed by atoms with Gasteiger partial charge in [0.15, 0.2) is 9.84 Å². The Morgan fingerprint density at radius 1 is 1.18 bits per heavy atom. The van der Waals surface area contributed by atoms with Gasteiger partial charge in [-0.2, -0.15) is 5.26 Å². The highest BCUT2D eigenvalue weighted by molar-refractivity contribution is 7.92. The average molecular weight is 472 g/mol. The van der Waals surface area contributed by atoms with Crippen molar-refractivity contribution in [1.82, 2.24) is 14.8 Å². The van der Waals surface area contributed by atoms with E-state index in [0.29, 0.717) is 18.4 Å². The number of aromatic nitrogens is 1. The number of halogens is 1. The van der Waals surface area contributed by atoms with Crippen LogP contribution in [0.1, 0.15) is 44.8 Å². The fourth-order valence-electron chi connectivity index (χ4n) is 3.73. The molecule has 2 amide bonds. The van der Waals surface area contributed by atoms with E-state index in [1.807, 2.05) is 0 Å². The molecular formula is C22H21FN4O5S. The van der Waals surface area contributed by atoms with E-state index in [0.717, 1.165) is 6.07 Å². The lowest BCUT2D eigenvalue weighted by Gasteiger charge is -2.29. The minimum absolute atomic E-state index is 0.0508. The van der Waals surface area contributed by atoms with Crippen LogP contribution >= 0.6 is 0 Å². The van der Waals surface area contributed by atoms with E-state index in [4.69, 9.17) is 5.26 Å². The Bertz CT molecular complexity index is 1340. The monoisotopic (exact) mass is 472 g/mol. The first-order valence-electron chi connectivity index (χ1n) is 10.4. The Balaban J connectivity index is 1.44. The predicted molar refractivity (Wildman–Crippen MR) is 116 cm³/mol. The Morgan fingerprint density at radius 2 is 1.94 bits per heavy atom. The van der Waals surface area contributed by atoms with Crippen LogP contribution in [0.15, 0.2) is 35.1 Å². The summed E-state index contributed by atoms with van der Waals surface area (Å²) in [7, 11) is -3.20. The topological polar surface area (TPSA) is 129 Å². The molecule has 0 unspecified atom stereocenters. The normalized spacial score (nSPS) is 15.6. The van der Waals surface area contributed by atoms with Crippen molar-refractivity contribution in [2.24, 2.45) is 0 Å². The van der Waals surface area contributed by atoms with E-state index < -0.39 is 33.0 Å². The zero-order valence-electron chi connectivity index (χ0n) is 17.6. The summed E-state index contributed by atoms with van der Waals surface area (Å²) in [6, 6.07) is 8.28. The van der Waals surface area contributed by atoms with Gasteiger partial charge in [0.25, 0.3) is 17.4 Å². The minimum atomic E-state index is -3.20. The lowest BCUT2D eigenvalue weighted by molar-refractivity contribution is 0.0710. The van der Waals surface area contributed by atoms with Gasteiger partial charge in [0.05, 0.1) is 16.6 Å². The summed E-state index contributed by atoms with van der Waals surface area (Å²) in [6.45, 7) is 0.326. The molecule has 0 bridgehead atoms. The van der Waals surface area contributed by atoms with Crippen LogP contribution in [0.25, 0.3) is 0 Å². The van der Waals surface area contributed by atoms with Gasteiger partial charge in [-0.3, -0.25) is 14.4 Å². The summed E-state index contributed by atoms with van der Waals surface area (Å²) in [5.74, 6) is -1.94. The fraction of sp³-hybridized carbons (Fsp3) is 0.364. The van der Waals surface area contributed by atoms with Crippen molar-refractivity contribution in [3.63, 3.8) is 0 Å². The number of sulfone groups is 1. The molecule has 172 valence electrons. The Hall–Kier alpha value is -3.52. The van der Waals surface area contributed by atoms with Gasteiger partial charge in [-0.25, -0.2) is 12.8 Å². The predicted octanol–water partition coefficient (Wildman–Crippen LogP) is 0.822. The second-order valence-electron chi connectivity index (χ2n) is 8.06. The standard InChI is InChI=1S/C22H21FN4O5S/c23-18-11-14(1-2-15(18)12-24)13-25-20(28)17-5-6-19-22(30)26(7-8-27(19)21(17)29)9-10-33(31,32)16-3-4-16/h1-2,5-6,11,16H,3-4,7-10,13H2,(H,25,28). The number of carbonyl (C=O) groups excluding carboxylic acids is 2. The van der Waals surface area contributed by atoms with Gasteiger partial charge < -0.3 is 14.8 Å². The van der Waals surface area contributed by atoms with Gasteiger partial charge in [0.2, 0.25) is 0 Å². The number of fused-ring (bicyclic) bond motifs is 1. The second kappa shape index (κ2) is 8.78. The highest BCUT2D eigenvalue weighted by Crippen LogP contribution is 2.29. The van der Waals surface area contributed by atoms with Gasteiger partial charge in [0, 0.05) is 26.2 Å². The molecule has 9 nitrogen and oxygen atoms in total. The van der Waals surface area contributed by atoms with Gasteiger partial charge in [0.1, 0.15) is 23.1 Å². The third kappa shape index (κ3) is 4.66. The van der Waals surface area contributed by atoms with E-state index in [-0.39, 0.29) is 54.0 Å². The zero-order valence-corrected chi connectivity index (χ0v) is 18.4. The summed E-state index contributed by atoms with van der Waals surface area (Å²) >= 11 is 0. The van der Waals surface area contributed by atoms with Gasteiger partial charge in [-0.1, -0.05) is 6.07 Å². The SMILES string of the molecule is N#Cc1ccc(CNC(=O)c2ccc3n(c2=O)CCN(CCS(=O)(=O)C2CC2)C3=O)cc1F. The van der Waals surface area contributed by atoms with Crippen LogP contribution in [0, 0.1) is 17.1 Å². The van der Waals surface area contributed by atoms with Crippen molar-refractivity contribution >= 4 is 21.7 Å². The molecule has 0 radical (unpaired) electrons. The molecule has 11 heteroatoms. The number of nitrogens with zero attached hydrogens (tertiary/aromatic N) is 3. The first kappa shape index (κ1) is 22.7. The van der Waals surface area contributed by atoms with Crippen LogP contribution < -0.4 is 10.9 Å². The third-order valence-corrected chi connectivity index (χ3v) is 8.04. The van der Waals surface area contributed by atoms with Crippen LogP contribution in [0.4, 0.5) is 4.39 Å². The zero-order chi connectivity index (χ0) is 23.8. The Labute approximate surface area is 189 Å². The van der Waals surface area contributed by atoms with Crippen LogP contribution in [0.5, 0.6) is 0 Å². The molecule has 1 fully saturated rings. The van der Waals surface area contributed by atoms with Crippen molar-refractivity contribution in [1.29, 1.82) is 5.26 Å². The molecule has 0 saturated heterocycles. The molecule has 2 aliphatic rings. The van der Waals surface area contributed by atoms with Crippen molar-refractivity contribution in [3.05, 3.63) is 68.9 Å². The molecule has 0 spiro atoms. The number of pyridine rings is 1. The first-order chi connectivity index (χ1) is 15.7. The fourth-order valence-corrected chi connectivity index (χ4v) is 5.39. The number of rotatable bonds is 7. The van der Waals surface area contributed by atoms with Crippen molar-refractivity contribution in [2.75, 3.05) is 18.8 Å². The number of amides is 2. The summed E-state index contributed by atoms with van der Waals surface area (Å²) < 4.78 is 39.1. The molecule has 2 heterocycles. The number of hydrogen-bond donors (Lipinski definition) is 1. The molecular weight excluding hydrogens is 451 g/mol. The maximum atomic E-state index is 13.7. The third-order valence-electron chi connectivity index (χ3n) is 5.80. The van der Waals surface area contributed by atoms with E-state index >= 15 is 0 Å². The lowest BCUT2D eigenvalue weighted by atomic mass is 10.1. The van der Waals surface area contributed by atoms with Gasteiger partial charge in [-0.05, 0) is 42.7 Å². The van der Waals surface area contributed by atoms with Crippen molar-refractivity contribution in [2.45, 2.75) is 31.2 Å². The highest BCUT2D eigenvalue weighted by atomic mass is 32.2. The average Bonchev–Trinajstić information content (AvgIpc) is 3.64. The summed E-state index contributed by atoms with van der Waals surface area (Å²) in [4.78, 5) is 39.5. The molecule has 1 aromatic heterocycles. The molecule has 33 heavy (non-hydrogen) atoms. The van der Waals surface area contributed by atoms with Crippen molar-refractivity contribution < 1.29 is 22.4 Å². The van der Waals surface area contributed by atoms with Gasteiger partial charge in [-0.15, -0.1) is 0 Å². The van der Waals surface area contributed by atoms with Crippen LogP contribution in [-0.2, 0) is 22.9 Å². The lowest BCUT2D eigenvalue weighted by Crippen LogP contribution is -2.47. The molecule has 1 aromatic carbocycles. The number of hydrogen-bond acceptors (Lipinski definition) is 6. The molecule has 1 aliphatic carbocycles. The smallest absolute Gasteiger partial charge is 0.270 e. The number of nitrogens with one attached hydrogen (secondary N) is 1. The van der Waals surface area contributed by atoms with E-state index in [1.54, 1.807) is 6.07 Å². The molecule has 0 atom stereocenters.